The zero-order chi connectivity index (χ0) is 48.0. The van der Waals surface area contributed by atoms with Crippen molar-refractivity contribution in [1.82, 2.24) is 5.32 Å². The van der Waals surface area contributed by atoms with Crippen molar-refractivity contribution >= 4 is 13.7 Å². The van der Waals surface area contributed by atoms with Crippen LogP contribution in [0, 0.1) is 0 Å². The molecule has 0 aromatic rings. The molecule has 10 heteroatoms. The van der Waals surface area contributed by atoms with E-state index in [0.29, 0.717) is 30.3 Å². The van der Waals surface area contributed by atoms with Crippen LogP contribution in [0.2, 0.25) is 0 Å². The second-order valence-electron chi connectivity index (χ2n) is 19.4. The molecule has 0 aliphatic rings. The van der Waals surface area contributed by atoms with Crippen molar-refractivity contribution < 1.29 is 38.0 Å². The number of hydrogen-bond acceptors (Lipinski definition) is 7. The van der Waals surface area contributed by atoms with Gasteiger partial charge in [0.05, 0.1) is 39.9 Å². The Bertz CT molecular complexity index is 1260. The Balaban J connectivity index is 4.19. The van der Waals surface area contributed by atoms with Crippen LogP contribution < -0.4 is 10.2 Å². The van der Waals surface area contributed by atoms with Gasteiger partial charge in [-0.15, -0.1) is 0 Å². The van der Waals surface area contributed by atoms with Gasteiger partial charge in [0.15, 0.2) is 0 Å². The van der Waals surface area contributed by atoms with Gasteiger partial charge in [0, 0.05) is 6.42 Å². The molecule has 3 N–H and O–H groups in total. The van der Waals surface area contributed by atoms with Gasteiger partial charge in [-0.25, -0.2) is 0 Å². The number of quaternary nitrogens is 1. The minimum absolute atomic E-state index is 0.0513. The summed E-state index contributed by atoms with van der Waals surface area (Å²) in [6.45, 7) is 4.19. The number of phosphoric ester groups is 1. The number of aliphatic hydroxyl groups is 2. The SMILES string of the molecule is C/C=C/CC/C=C/CC/C=C/CCCC(O)C(O)C(COP(=O)([O-])OCC[N+](C)(C)C)NC(=O)CCCCCCCCCCCCCCCCCCC/C=C\C/C=C\CCCCCCC. The van der Waals surface area contributed by atoms with Crippen LogP contribution in [0.5, 0.6) is 0 Å². The monoisotopic (exact) mass is 935 g/mol. The summed E-state index contributed by atoms with van der Waals surface area (Å²) in [5.41, 5.74) is 0. The number of carbonyl (C=O) groups excluding carboxylic acids is 1. The van der Waals surface area contributed by atoms with Crippen LogP contribution in [0.1, 0.15) is 226 Å². The van der Waals surface area contributed by atoms with E-state index in [1.54, 1.807) is 0 Å². The van der Waals surface area contributed by atoms with E-state index in [4.69, 9.17) is 9.05 Å². The van der Waals surface area contributed by atoms with Crippen molar-refractivity contribution in [2.75, 3.05) is 40.9 Å². The number of amides is 1. The number of nitrogens with one attached hydrogen (secondary N) is 1. The van der Waals surface area contributed by atoms with Gasteiger partial charge in [0.2, 0.25) is 5.91 Å². The largest absolute Gasteiger partial charge is 0.756 e. The molecule has 0 aliphatic carbocycles. The van der Waals surface area contributed by atoms with Crippen LogP contribution >= 0.6 is 7.82 Å². The van der Waals surface area contributed by atoms with Gasteiger partial charge >= 0.3 is 0 Å². The van der Waals surface area contributed by atoms with Crippen LogP contribution in [0.25, 0.3) is 0 Å². The van der Waals surface area contributed by atoms with Crippen molar-refractivity contribution in [2.45, 2.75) is 244 Å². The molecule has 65 heavy (non-hydrogen) atoms. The number of phosphoric acid groups is 1. The number of allylic oxidation sites excluding steroid dienone is 10. The van der Waals surface area contributed by atoms with Gasteiger partial charge in [-0.05, 0) is 90.4 Å². The molecule has 1 amide bonds. The third kappa shape index (κ3) is 47.0. The molecule has 0 aromatic heterocycles. The molecule has 0 aliphatic heterocycles. The first-order chi connectivity index (χ1) is 31.4. The molecule has 0 fully saturated rings. The fourth-order valence-corrected chi connectivity index (χ4v) is 8.34. The maximum absolute atomic E-state index is 13.0. The lowest BCUT2D eigenvalue weighted by Gasteiger charge is -2.31. The van der Waals surface area contributed by atoms with E-state index in [1.807, 2.05) is 28.1 Å². The van der Waals surface area contributed by atoms with Gasteiger partial charge < -0.3 is 34.0 Å². The van der Waals surface area contributed by atoms with Gasteiger partial charge in [0.25, 0.3) is 7.82 Å². The first-order valence-corrected chi connectivity index (χ1v) is 28.1. The Kier molecular flexibility index (Phi) is 44.6. The van der Waals surface area contributed by atoms with Crippen molar-refractivity contribution in [2.24, 2.45) is 0 Å². The lowest BCUT2D eigenvalue weighted by molar-refractivity contribution is -0.870. The van der Waals surface area contributed by atoms with Crippen LogP contribution in [-0.2, 0) is 18.4 Å². The summed E-state index contributed by atoms with van der Waals surface area (Å²) in [5, 5.41) is 24.6. The average molecular weight is 935 g/mol. The lowest BCUT2D eigenvalue weighted by Crippen LogP contribution is -2.51. The van der Waals surface area contributed by atoms with Crippen LogP contribution in [-0.4, -0.2) is 79.8 Å². The van der Waals surface area contributed by atoms with E-state index in [-0.39, 0.29) is 18.9 Å². The number of nitrogens with zero attached hydrogens (tertiary/aromatic N) is 1. The summed E-state index contributed by atoms with van der Waals surface area (Å²) in [6.07, 6.45) is 57.3. The highest BCUT2D eigenvalue weighted by molar-refractivity contribution is 7.45. The highest BCUT2D eigenvalue weighted by atomic mass is 31.2. The molecule has 0 saturated heterocycles. The van der Waals surface area contributed by atoms with Crippen LogP contribution in [0.15, 0.2) is 60.8 Å². The first-order valence-electron chi connectivity index (χ1n) is 26.7. The van der Waals surface area contributed by atoms with E-state index in [9.17, 15) is 24.5 Å². The predicted octanol–water partition coefficient (Wildman–Crippen LogP) is 14.1. The maximum atomic E-state index is 13.0. The van der Waals surface area contributed by atoms with Crippen LogP contribution in [0.4, 0.5) is 0 Å². The molecule has 380 valence electrons. The van der Waals surface area contributed by atoms with Crippen molar-refractivity contribution in [3.05, 3.63) is 60.8 Å². The topological polar surface area (TPSA) is 128 Å². The molecule has 0 heterocycles. The normalized spacial score (nSPS) is 15.0. The minimum Gasteiger partial charge on any atom is -0.756 e. The summed E-state index contributed by atoms with van der Waals surface area (Å²) < 4.78 is 23.2. The summed E-state index contributed by atoms with van der Waals surface area (Å²) in [5.74, 6) is -0.295. The Morgan fingerprint density at radius 2 is 1.00 bits per heavy atom. The van der Waals surface area contributed by atoms with Crippen molar-refractivity contribution in [1.29, 1.82) is 0 Å². The molecule has 0 saturated carbocycles. The number of hydrogen-bond donors (Lipinski definition) is 3. The van der Waals surface area contributed by atoms with Crippen molar-refractivity contribution in [3.63, 3.8) is 0 Å². The van der Waals surface area contributed by atoms with E-state index in [1.165, 1.54) is 128 Å². The highest BCUT2D eigenvalue weighted by Crippen LogP contribution is 2.38. The number of aliphatic hydroxyl groups excluding tert-OH is 2. The first kappa shape index (κ1) is 63.2. The predicted molar refractivity (Wildman–Crippen MR) is 276 cm³/mol. The molecular formula is C55H103N2O7P. The molecule has 9 nitrogen and oxygen atoms in total. The number of carbonyl (C=O) groups is 1. The smallest absolute Gasteiger partial charge is 0.268 e. The Hall–Kier alpha value is -1.84. The third-order valence-electron chi connectivity index (χ3n) is 11.9. The van der Waals surface area contributed by atoms with E-state index >= 15 is 0 Å². The van der Waals surface area contributed by atoms with E-state index in [0.717, 1.165) is 57.8 Å². The molecule has 0 spiro atoms. The zero-order valence-corrected chi connectivity index (χ0v) is 43.7. The van der Waals surface area contributed by atoms with Crippen molar-refractivity contribution in [3.8, 4) is 0 Å². The zero-order valence-electron chi connectivity index (χ0n) is 42.8. The van der Waals surface area contributed by atoms with E-state index < -0.39 is 32.7 Å². The fraction of sp³-hybridized carbons (Fsp3) is 0.800. The summed E-state index contributed by atoms with van der Waals surface area (Å²) in [6, 6.07) is -1.10. The quantitative estimate of drug-likeness (QED) is 0.0240. The standard InChI is InChI=1S/C55H103N2O7P/c1-6-8-10-12-14-16-18-20-21-22-23-24-25-26-27-28-29-30-31-32-33-34-35-36-38-40-42-44-46-48-54(59)56-52(51-64-65(61,62)63-50-49-57(3,4)5)55(60)53(58)47-45-43-41-39-37-19-17-15-13-11-9-7-2/h7,9,15,17-18,20,22-23,39,41,52-53,55,58,60H,6,8,10-14,16,19,21,24-38,40,42-51H2,1-5H3,(H-,56,59,61,62)/b9-7+,17-15+,20-18-,23-22-,41-39+. The number of unbranched alkanes of at least 4 members (excludes halogenated alkanes) is 25. The minimum atomic E-state index is -4.68. The van der Waals surface area contributed by atoms with E-state index in [2.05, 4.69) is 73.0 Å². The maximum Gasteiger partial charge on any atom is 0.268 e. The average Bonchev–Trinajstić information content (AvgIpc) is 3.26. The molecular weight excluding hydrogens is 832 g/mol. The van der Waals surface area contributed by atoms with Gasteiger partial charge in [-0.2, -0.15) is 0 Å². The van der Waals surface area contributed by atoms with Gasteiger partial charge in [-0.3, -0.25) is 9.36 Å². The summed E-state index contributed by atoms with van der Waals surface area (Å²) in [4.78, 5) is 25.5. The third-order valence-corrected chi connectivity index (χ3v) is 12.8. The summed E-state index contributed by atoms with van der Waals surface area (Å²) in [7, 11) is 1.09. The lowest BCUT2D eigenvalue weighted by atomic mass is 10.0. The Labute approximate surface area is 401 Å². The number of rotatable bonds is 48. The molecule has 4 atom stereocenters. The molecule has 0 aromatic carbocycles. The van der Waals surface area contributed by atoms with Gasteiger partial charge in [0.1, 0.15) is 19.3 Å². The molecule has 0 radical (unpaired) electrons. The number of likely N-dealkylation sites (N-methyl/N-ethyl adjacent to an activating group) is 1. The molecule has 0 rings (SSSR count). The second-order valence-corrected chi connectivity index (χ2v) is 20.8. The Morgan fingerprint density at radius 3 is 1.48 bits per heavy atom. The fourth-order valence-electron chi connectivity index (χ4n) is 7.62. The van der Waals surface area contributed by atoms with Gasteiger partial charge in [-0.1, -0.05) is 190 Å². The summed E-state index contributed by atoms with van der Waals surface area (Å²) >= 11 is 0. The molecule has 0 bridgehead atoms. The highest BCUT2D eigenvalue weighted by Gasteiger charge is 2.29. The Morgan fingerprint density at radius 1 is 0.585 bits per heavy atom. The molecule has 4 unspecified atom stereocenters. The second kappa shape index (κ2) is 45.9. The van der Waals surface area contributed by atoms with Crippen LogP contribution in [0.3, 0.4) is 0 Å².